The van der Waals surface area contributed by atoms with Gasteiger partial charge in [0.2, 0.25) is 0 Å². The molecule has 1 N–H and O–H groups in total. The molecule has 4 nitrogen and oxygen atoms in total. The van der Waals surface area contributed by atoms with Crippen molar-refractivity contribution in [2.45, 2.75) is 25.5 Å². The van der Waals surface area contributed by atoms with Crippen molar-refractivity contribution in [2.24, 2.45) is 0 Å². The van der Waals surface area contributed by atoms with Crippen molar-refractivity contribution in [3.63, 3.8) is 0 Å². The van der Waals surface area contributed by atoms with E-state index in [4.69, 9.17) is 9.47 Å². The number of benzene rings is 2. The Morgan fingerprint density at radius 3 is 2.78 bits per heavy atom. The number of nitrogens with one attached hydrogen (secondary N) is 1. The highest BCUT2D eigenvalue weighted by molar-refractivity contribution is 9.10. The molecule has 0 fully saturated rings. The van der Waals surface area contributed by atoms with E-state index in [1.807, 2.05) is 0 Å². The third-order valence-electron chi connectivity index (χ3n) is 4.39. The number of halogens is 4. The number of rotatable bonds is 4. The van der Waals surface area contributed by atoms with Crippen LogP contribution in [0.4, 0.5) is 13.2 Å². The zero-order valence-corrected chi connectivity index (χ0v) is 16.2. The summed E-state index contributed by atoms with van der Waals surface area (Å²) < 4.78 is 51.9. The minimum atomic E-state index is -3.07. The Kier molecular flexibility index (Phi) is 5.48. The van der Waals surface area contributed by atoms with Crippen LogP contribution in [0.15, 0.2) is 34.8 Å². The van der Waals surface area contributed by atoms with Crippen LogP contribution in [0.1, 0.15) is 40.0 Å². The Bertz CT molecular complexity index is 889. The topological polar surface area (TPSA) is 47.6 Å². The molecule has 3 rings (SSSR count). The summed E-state index contributed by atoms with van der Waals surface area (Å²) in [5.41, 5.74) is 0.826. The van der Waals surface area contributed by atoms with Gasteiger partial charge < -0.3 is 14.8 Å². The zero-order chi connectivity index (χ0) is 19.8. The van der Waals surface area contributed by atoms with Crippen LogP contribution in [0.2, 0.25) is 0 Å². The number of ether oxygens (including phenoxy) is 2. The van der Waals surface area contributed by atoms with Gasteiger partial charge in [-0.15, -0.1) is 0 Å². The summed E-state index contributed by atoms with van der Waals surface area (Å²) in [4.78, 5) is 12.5. The number of carbonyl (C=O) groups is 1. The fraction of sp³-hybridized carbons (Fsp3) is 0.316. The van der Waals surface area contributed by atoms with Gasteiger partial charge in [-0.2, -0.15) is 8.78 Å². The molecule has 144 valence electrons. The molecule has 0 unspecified atom stereocenters. The first-order chi connectivity index (χ1) is 12.7. The number of hydrogen-bond donors (Lipinski definition) is 1. The van der Waals surface area contributed by atoms with Gasteiger partial charge in [0.15, 0.2) is 0 Å². The first kappa shape index (κ1) is 19.7. The molecular weight excluding hydrogens is 427 g/mol. The second-order valence-electron chi connectivity index (χ2n) is 6.27. The highest BCUT2D eigenvalue weighted by Gasteiger charge is 2.37. The maximum Gasteiger partial charge on any atom is 0.296 e. The SMILES string of the molecule is COc1cc(Br)c(F)cc1[C@H](C)NC(=O)c1ccc2c(c1)COCC2(F)F. The summed E-state index contributed by atoms with van der Waals surface area (Å²) in [5, 5.41) is 2.73. The quantitative estimate of drug-likeness (QED) is 0.744. The number of methoxy groups -OCH3 is 1. The van der Waals surface area contributed by atoms with E-state index in [0.717, 1.165) is 0 Å². The number of alkyl halides is 2. The molecule has 1 amide bonds. The molecule has 8 heteroatoms. The first-order valence-electron chi connectivity index (χ1n) is 8.15. The normalized spacial score (nSPS) is 16.4. The Morgan fingerprint density at radius 2 is 2.07 bits per heavy atom. The van der Waals surface area contributed by atoms with Crippen molar-refractivity contribution >= 4 is 21.8 Å². The van der Waals surface area contributed by atoms with Crippen LogP contribution >= 0.6 is 15.9 Å². The lowest BCUT2D eigenvalue weighted by Crippen LogP contribution is -2.30. The Balaban J connectivity index is 1.83. The maximum atomic E-state index is 13.9. The molecule has 1 atom stereocenters. The summed E-state index contributed by atoms with van der Waals surface area (Å²) in [5.74, 6) is -3.61. The Morgan fingerprint density at radius 1 is 1.33 bits per heavy atom. The van der Waals surface area contributed by atoms with Gasteiger partial charge in [-0.3, -0.25) is 4.79 Å². The molecule has 2 aromatic rings. The molecule has 0 aliphatic carbocycles. The molecular formula is C19H17BrF3NO3. The van der Waals surface area contributed by atoms with E-state index in [0.29, 0.717) is 11.3 Å². The van der Waals surface area contributed by atoms with Gasteiger partial charge in [-0.25, -0.2) is 4.39 Å². The molecule has 27 heavy (non-hydrogen) atoms. The van der Waals surface area contributed by atoms with E-state index in [1.54, 1.807) is 6.92 Å². The second kappa shape index (κ2) is 7.52. The minimum absolute atomic E-state index is 0.0212. The van der Waals surface area contributed by atoms with Crippen LogP contribution in [0.25, 0.3) is 0 Å². The van der Waals surface area contributed by atoms with E-state index >= 15 is 0 Å². The van der Waals surface area contributed by atoms with Gasteiger partial charge in [0.05, 0.1) is 24.2 Å². The number of fused-ring (bicyclic) bond motifs is 1. The van der Waals surface area contributed by atoms with Crippen molar-refractivity contribution in [2.75, 3.05) is 13.7 Å². The van der Waals surface area contributed by atoms with Gasteiger partial charge in [0.25, 0.3) is 11.8 Å². The second-order valence-corrected chi connectivity index (χ2v) is 7.13. The smallest absolute Gasteiger partial charge is 0.296 e. The van der Waals surface area contributed by atoms with E-state index < -0.39 is 30.3 Å². The van der Waals surface area contributed by atoms with Gasteiger partial charge in [0, 0.05) is 16.7 Å². The van der Waals surface area contributed by atoms with Crippen molar-refractivity contribution in [1.82, 2.24) is 5.32 Å². The maximum absolute atomic E-state index is 13.9. The Labute approximate surface area is 162 Å². The van der Waals surface area contributed by atoms with E-state index in [-0.39, 0.29) is 27.8 Å². The molecule has 0 spiro atoms. The monoisotopic (exact) mass is 443 g/mol. The lowest BCUT2D eigenvalue weighted by atomic mass is 9.97. The van der Waals surface area contributed by atoms with Gasteiger partial charge in [-0.05, 0) is 52.7 Å². The van der Waals surface area contributed by atoms with Crippen molar-refractivity contribution < 1.29 is 27.4 Å². The average molecular weight is 444 g/mol. The highest BCUT2D eigenvalue weighted by Crippen LogP contribution is 2.36. The number of amides is 1. The summed E-state index contributed by atoms with van der Waals surface area (Å²) in [6.07, 6.45) is 0. The summed E-state index contributed by atoms with van der Waals surface area (Å²) >= 11 is 3.09. The highest BCUT2D eigenvalue weighted by atomic mass is 79.9. The standard InChI is InChI=1S/C19H17BrF3NO3/c1-10(13-6-16(21)15(20)7-17(13)26-2)24-18(25)11-3-4-14-12(5-11)8-27-9-19(14,22)23/h3-7,10H,8-9H2,1-2H3,(H,24,25)/t10-/m0/s1. The lowest BCUT2D eigenvalue weighted by Gasteiger charge is -2.25. The average Bonchev–Trinajstić information content (AvgIpc) is 2.62. The summed E-state index contributed by atoms with van der Waals surface area (Å²) in [6.45, 7) is 1.03. The zero-order valence-electron chi connectivity index (χ0n) is 14.6. The van der Waals surface area contributed by atoms with E-state index in [2.05, 4.69) is 21.2 Å². The molecule has 0 saturated carbocycles. The fourth-order valence-corrected chi connectivity index (χ4v) is 3.32. The molecule has 0 saturated heterocycles. The van der Waals surface area contributed by atoms with E-state index in [1.165, 1.54) is 37.4 Å². The molecule has 1 aliphatic rings. The summed E-state index contributed by atoms with van der Waals surface area (Å²) in [6, 6.07) is 6.17. The molecule has 1 heterocycles. The third kappa shape index (κ3) is 3.96. The number of hydrogen-bond acceptors (Lipinski definition) is 3. The molecule has 1 aliphatic heterocycles. The van der Waals surface area contributed by atoms with Crippen LogP contribution in [-0.4, -0.2) is 19.6 Å². The van der Waals surface area contributed by atoms with Crippen LogP contribution in [0.3, 0.4) is 0 Å². The van der Waals surface area contributed by atoms with Crippen molar-refractivity contribution in [3.8, 4) is 5.75 Å². The third-order valence-corrected chi connectivity index (χ3v) is 5.00. The van der Waals surface area contributed by atoms with Gasteiger partial charge in [-0.1, -0.05) is 6.07 Å². The predicted molar refractivity (Wildman–Crippen MR) is 96.5 cm³/mol. The largest absolute Gasteiger partial charge is 0.496 e. The molecule has 0 radical (unpaired) electrons. The fourth-order valence-electron chi connectivity index (χ4n) is 2.99. The molecule has 0 aromatic heterocycles. The Hall–Kier alpha value is -2.06. The van der Waals surface area contributed by atoms with Crippen LogP contribution < -0.4 is 10.1 Å². The minimum Gasteiger partial charge on any atom is -0.496 e. The van der Waals surface area contributed by atoms with Crippen molar-refractivity contribution in [1.29, 1.82) is 0 Å². The van der Waals surface area contributed by atoms with Gasteiger partial charge >= 0.3 is 0 Å². The van der Waals surface area contributed by atoms with Crippen LogP contribution in [-0.2, 0) is 17.3 Å². The number of carbonyl (C=O) groups excluding carboxylic acids is 1. The molecule has 0 bridgehead atoms. The van der Waals surface area contributed by atoms with Crippen LogP contribution in [0, 0.1) is 5.82 Å². The van der Waals surface area contributed by atoms with Crippen molar-refractivity contribution in [3.05, 3.63) is 62.9 Å². The lowest BCUT2D eigenvalue weighted by molar-refractivity contribution is -0.103. The first-order valence-corrected chi connectivity index (χ1v) is 8.95. The molecule has 2 aromatic carbocycles. The summed E-state index contributed by atoms with van der Waals surface area (Å²) in [7, 11) is 1.45. The predicted octanol–water partition coefficient (Wildman–Crippen LogP) is 4.71. The van der Waals surface area contributed by atoms with Crippen LogP contribution in [0.5, 0.6) is 5.75 Å². The van der Waals surface area contributed by atoms with Gasteiger partial charge in [0.1, 0.15) is 18.2 Å². The van der Waals surface area contributed by atoms with E-state index in [9.17, 15) is 18.0 Å².